The summed E-state index contributed by atoms with van der Waals surface area (Å²) >= 11 is 23.8. The Morgan fingerprint density at radius 2 is 1.56 bits per heavy atom. The molecule has 184 valence electrons. The third kappa shape index (κ3) is 5.84. The molecule has 0 saturated heterocycles. The number of alkyl halides is 8. The van der Waals surface area contributed by atoms with E-state index >= 15 is 0 Å². The molecule has 1 aliphatic carbocycles. The molecule has 1 fully saturated rings. The lowest BCUT2D eigenvalue weighted by molar-refractivity contribution is -0.137. The van der Waals surface area contributed by atoms with Gasteiger partial charge in [-0.2, -0.15) is 26.3 Å². The summed E-state index contributed by atoms with van der Waals surface area (Å²) < 4.78 is 74.8. The predicted octanol–water partition coefficient (Wildman–Crippen LogP) is 6.83. The number of anilines is 1. The van der Waals surface area contributed by atoms with Crippen LogP contribution in [-0.2, 0) is 11.0 Å². The highest BCUT2D eigenvalue weighted by molar-refractivity contribution is 6.53. The maximum absolute atomic E-state index is 13.2. The highest BCUT2D eigenvalue weighted by atomic mass is 35.5. The lowest BCUT2D eigenvalue weighted by atomic mass is 10.0. The molecule has 2 atom stereocenters. The van der Waals surface area contributed by atoms with Crippen LogP contribution in [0.2, 0.25) is 10.0 Å². The fourth-order valence-corrected chi connectivity index (χ4v) is 4.55. The van der Waals surface area contributed by atoms with E-state index < -0.39 is 57.5 Å². The highest BCUT2D eigenvalue weighted by Crippen LogP contribution is 2.65. The van der Waals surface area contributed by atoms with Crippen molar-refractivity contribution < 1.29 is 35.9 Å². The van der Waals surface area contributed by atoms with Crippen molar-refractivity contribution in [2.75, 3.05) is 11.9 Å². The Labute approximate surface area is 208 Å². The van der Waals surface area contributed by atoms with Gasteiger partial charge in [0.05, 0.1) is 27.1 Å². The van der Waals surface area contributed by atoms with Crippen molar-refractivity contribution in [3.05, 3.63) is 63.1 Å². The summed E-state index contributed by atoms with van der Waals surface area (Å²) in [7, 11) is 0. The van der Waals surface area contributed by atoms with Crippen LogP contribution in [0.5, 0.6) is 0 Å². The van der Waals surface area contributed by atoms with Crippen LogP contribution in [0.3, 0.4) is 0 Å². The SMILES string of the molecule is O=C(NCC(F)(F)F)c1cc(NC(=O)[C@H]2[C@H](c3ccc(Cl)c(C(F)(F)F)c3)C2(Cl)Cl)ccc1Cl. The van der Waals surface area contributed by atoms with Gasteiger partial charge in [-0.15, -0.1) is 23.2 Å². The second-order valence-corrected chi connectivity index (χ2v) is 9.61. The molecular formula is C20H12Cl4F6N2O2. The fourth-order valence-electron chi connectivity index (χ4n) is 3.29. The molecule has 0 spiro atoms. The topological polar surface area (TPSA) is 58.2 Å². The van der Waals surface area contributed by atoms with Gasteiger partial charge in [-0.05, 0) is 35.9 Å². The van der Waals surface area contributed by atoms with Crippen LogP contribution in [0, 0.1) is 5.92 Å². The number of rotatable bonds is 5. The quantitative estimate of drug-likeness (QED) is 0.307. The number of hydrogen-bond acceptors (Lipinski definition) is 2. The molecule has 1 saturated carbocycles. The largest absolute Gasteiger partial charge is 0.417 e. The molecular weight excluding hydrogens is 556 g/mol. The van der Waals surface area contributed by atoms with E-state index in [4.69, 9.17) is 46.4 Å². The van der Waals surface area contributed by atoms with Gasteiger partial charge in [-0.25, -0.2) is 0 Å². The summed E-state index contributed by atoms with van der Waals surface area (Å²) in [5, 5.41) is 3.34. The zero-order valence-corrected chi connectivity index (χ0v) is 19.4. The van der Waals surface area contributed by atoms with E-state index in [1.807, 2.05) is 0 Å². The van der Waals surface area contributed by atoms with Crippen LogP contribution < -0.4 is 10.6 Å². The van der Waals surface area contributed by atoms with E-state index in [0.29, 0.717) is 0 Å². The first-order chi connectivity index (χ1) is 15.5. The summed E-state index contributed by atoms with van der Waals surface area (Å²) in [5.41, 5.74) is -1.45. The molecule has 4 nitrogen and oxygen atoms in total. The molecule has 0 radical (unpaired) electrons. The van der Waals surface area contributed by atoms with E-state index in [9.17, 15) is 35.9 Å². The monoisotopic (exact) mass is 566 g/mol. The number of hydrogen-bond donors (Lipinski definition) is 2. The van der Waals surface area contributed by atoms with Gasteiger partial charge in [0.15, 0.2) is 0 Å². The molecule has 0 bridgehead atoms. The normalized spacial score (nSPS) is 19.5. The minimum Gasteiger partial charge on any atom is -0.343 e. The molecule has 1 aliphatic rings. The number of amides is 2. The average Bonchev–Trinajstić information content (AvgIpc) is 3.28. The minimum absolute atomic E-state index is 0.0200. The van der Waals surface area contributed by atoms with Crippen molar-refractivity contribution in [1.29, 1.82) is 0 Å². The van der Waals surface area contributed by atoms with Crippen LogP contribution in [-0.4, -0.2) is 28.9 Å². The number of carbonyl (C=O) groups is 2. The first-order valence-electron chi connectivity index (χ1n) is 9.22. The van der Waals surface area contributed by atoms with Crippen molar-refractivity contribution in [3.63, 3.8) is 0 Å². The Kier molecular flexibility index (Phi) is 7.30. The Hall–Kier alpha value is -1.88. The van der Waals surface area contributed by atoms with Gasteiger partial charge in [0.2, 0.25) is 5.91 Å². The molecule has 2 N–H and O–H groups in total. The Bertz CT molecular complexity index is 1140. The van der Waals surface area contributed by atoms with Crippen LogP contribution >= 0.6 is 46.4 Å². The highest BCUT2D eigenvalue weighted by Gasteiger charge is 2.67. The zero-order valence-electron chi connectivity index (χ0n) is 16.4. The second kappa shape index (κ2) is 9.29. The fraction of sp³-hybridized carbons (Fsp3) is 0.300. The first-order valence-corrected chi connectivity index (χ1v) is 10.7. The molecule has 0 unspecified atom stereocenters. The van der Waals surface area contributed by atoms with Gasteiger partial charge in [0, 0.05) is 11.6 Å². The van der Waals surface area contributed by atoms with Gasteiger partial charge in [-0.3, -0.25) is 9.59 Å². The average molecular weight is 568 g/mol. The van der Waals surface area contributed by atoms with Crippen LogP contribution in [0.25, 0.3) is 0 Å². The molecule has 0 aromatic heterocycles. The van der Waals surface area contributed by atoms with E-state index in [-0.39, 0.29) is 21.8 Å². The Balaban J connectivity index is 1.78. The zero-order chi connectivity index (χ0) is 25.6. The van der Waals surface area contributed by atoms with Crippen molar-refractivity contribution in [1.82, 2.24) is 5.32 Å². The minimum atomic E-state index is -4.74. The van der Waals surface area contributed by atoms with Crippen molar-refractivity contribution in [2.45, 2.75) is 22.6 Å². The van der Waals surface area contributed by atoms with E-state index in [1.165, 1.54) is 18.2 Å². The third-order valence-electron chi connectivity index (χ3n) is 4.92. The number of halogens is 10. The summed E-state index contributed by atoms with van der Waals surface area (Å²) in [5.74, 6) is -4.09. The lowest BCUT2D eigenvalue weighted by Gasteiger charge is -2.12. The van der Waals surface area contributed by atoms with Crippen LogP contribution in [0.15, 0.2) is 36.4 Å². The number of carbonyl (C=O) groups excluding carboxylic acids is 2. The van der Waals surface area contributed by atoms with E-state index in [2.05, 4.69) is 5.32 Å². The Morgan fingerprint density at radius 3 is 2.15 bits per heavy atom. The molecule has 3 rings (SSSR count). The third-order valence-corrected chi connectivity index (χ3v) is 6.52. The predicted molar refractivity (Wildman–Crippen MR) is 116 cm³/mol. The van der Waals surface area contributed by atoms with E-state index in [1.54, 1.807) is 5.32 Å². The maximum atomic E-state index is 13.2. The van der Waals surface area contributed by atoms with Crippen molar-refractivity contribution >= 4 is 63.9 Å². The van der Waals surface area contributed by atoms with Crippen molar-refractivity contribution in [3.8, 4) is 0 Å². The van der Waals surface area contributed by atoms with Gasteiger partial charge >= 0.3 is 12.4 Å². The molecule has 34 heavy (non-hydrogen) atoms. The molecule has 0 aliphatic heterocycles. The summed E-state index contributed by atoms with van der Waals surface area (Å²) in [6, 6.07) is 6.52. The van der Waals surface area contributed by atoms with Gasteiger partial charge < -0.3 is 10.6 Å². The van der Waals surface area contributed by atoms with Gasteiger partial charge in [0.1, 0.15) is 10.9 Å². The molecule has 2 amide bonds. The molecule has 0 heterocycles. The van der Waals surface area contributed by atoms with Gasteiger partial charge in [0.25, 0.3) is 5.91 Å². The molecule has 2 aromatic carbocycles. The summed E-state index contributed by atoms with van der Waals surface area (Å²) in [6.45, 7) is -1.59. The Morgan fingerprint density at radius 1 is 0.941 bits per heavy atom. The lowest BCUT2D eigenvalue weighted by Crippen LogP contribution is -2.33. The second-order valence-electron chi connectivity index (χ2n) is 7.35. The van der Waals surface area contributed by atoms with Crippen LogP contribution in [0.4, 0.5) is 32.0 Å². The number of nitrogens with one attached hydrogen (secondary N) is 2. The standard InChI is InChI=1S/C20H12Cl4F6N2O2/c21-12-4-2-9(6-10(12)16(33)31-7-18(25,26)27)32-17(34)15-14(19(15,23)24)8-1-3-13(22)11(5-8)20(28,29)30/h1-6,14-15H,7H2,(H,31,33)(H,32,34)/t14-,15+/m0/s1. The smallest absolute Gasteiger partial charge is 0.343 e. The summed E-state index contributed by atoms with van der Waals surface area (Å²) in [4.78, 5) is 24.8. The maximum Gasteiger partial charge on any atom is 0.417 e. The summed E-state index contributed by atoms with van der Waals surface area (Å²) in [6.07, 6.45) is -9.39. The molecule has 2 aromatic rings. The van der Waals surface area contributed by atoms with Crippen molar-refractivity contribution in [2.24, 2.45) is 5.92 Å². The van der Waals surface area contributed by atoms with E-state index in [0.717, 1.165) is 18.2 Å². The number of benzene rings is 2. The van der Waals surface area contributed by atoms with Gasteiger partial charge in [-0.1, -0.05) is 29.3 Å². The van der Waals surface area contributed by atoms with Crippen LogP contribution in [0.1, 0.15) is 27.4 Å². The molecule has 14 heteroatoms. The first kappa shape index (κ1) is 26.7.